The van der Waals surface area contributed by atoms with E-state index in [4.69, 9.17) is 9.47 Å². The Kier molecular flexibility index (Phi) is 11.7. The number of nitrogens with zero attached hydrogens (tertiary/aromatic N) is 1. The van der Waals surface area contributed by atoms with Crippen molar-refractivity contribution >= 4 is 15.9 Å². The lowest BCUT2D eigenvalue weighted by atomic mass is 9.65. The number of aliphatic hydroxyl groups excluding tert-OH is 1. The monoisotopic (exact) mass is 765 g/mol. The van der Waals surface area contributed by atoms with Crippen LogP contribution in [0.3, 0.4) is 0 Å². The quantitative estimate of drug-likeness (QED) is 0.133. The minimum absolute atomic E-state index is 0.00481. The molecule has 2 saturated heterocycles. The van der Waals surface area contributed by atoms with Crippen molar-refractivity contribution in [2.75, 3.05) is 13.1 Å². The zero-order valence-corrected chi connectivity index (χ0v) is 33.2. The summed E-state index contributed by atoms with van der Waals surface area (Å²) in [7, 11) is -3.95. The lowest BCUT2D eigenvalue weighted by molar-refractivity contribution is -0.253. The Balaban J connectivity index is 1.04. The maximum absolute atomic E-state index is 13.6. The molecule has 2 aliphatic heterocycles. The topological polar surface area (TPSA) is 117 Å². The summed E-state index contributed by atoms with van der Waals surface area (Å²) in [6.45, 7) is 11.3. The van der Waals surface area contributed by atoms with Crippen LogP contribution in [0.15, 0.2) is 108 Å². The molecule has 4 aromatic rings. The molecule has 292 valence electrons. The fourth-order valence-electron chi connectivity index (χ4n) is 9.20. The number of ether oxygens (including phenoxy) is 2. The zero-order valence-electron chi connectivity index (χ0n) is 32.4. The molecule has 2 heterocycles. The smallest absolute Gasteiger partial charge is 0.241 e. The van der Waals surface area contributed by atoms with Crippen LogP contribution in [0.2, 0.25) is 0 Å². The van der Waals surface area contributed by atoms with E-state index in [-0.39, 0.29) is 36.7 Å². The van der Waals surface area contributed by atoms with E-state index in [1.807, 2.05) is 85.8 Å². The van der Waals surface area contributed by atoms with E-state index in [9.17, 15) is 18.3 Å². The first-order valence-corrected chi connectivity index (χ1v) is 21.0. The molecule has 55 heavy (non-hydrogen) atoms. The number of benzene rings is 4. The molecule has 7 rings (SSSR count). The number of fused-ring (bicyclic) bond motifs is 2. The van der Waals surface area contributed by atoms with Crippen molar-refractivity contribution in [1.82, 2.24) is 14.9 Å². The van der Waals surface area contributed by atoms with Gasteiger partial charge in [0.2, 0.25) is 15.9 Å². The normalized spacial score (nSPS) is 25.7. The van der Waals surface area contributed by atoms with Crippen molar-refractivity contribution < 1.29 is 27.8 Å². The van der Waals surface area contributed by atoms with Crippen LogP contribution in [-0.4, -0.2) is 55.6 Å². The highest BCUT2D eigenvalue weighted by atomic mass is 32.2. The highest BCUT2D eigenvalue weighted by Crippen LogP contribution is 2.53. The van der Waals surface area contributed by atoms with Gasteiger partial charge in [-0.1, -0.05) is 117 Å². The Morgan fingerprint density at radius 2 is 1.53 bits per heavy atom. The lowest BCUT2D eigenvalue weighted by Gasteiger charge is -2.41. The second-order valence-electron chi connectivity index (χ2n) is 17.1. The Bertz CT molecular complexity index is 2020. The average molecular weight is 766 g/mol. The van der Waals surface area contributed by atoms with Crippen LogP contribution in [0, 0.1) is 17.8 Å². The van der Waals surface area contributed by atoms with Crippen molar-refractivity contribution in [2.24, 2.45) is 10.8 Å². The van der Waals surface area contributed by atoms with Crippen molar-refractivity contribution in [3.8, 4) is 0 Å². The lowest BCUT2D eigenvalue weighted by Crippen LogP contribution is -2.47. The summed E-state index contributed by atoms with van der Waals surface area (Å²) in [4.78, 5) is 16.4. The van der Waals surface area contributed by atoms with Crippen LogP contribution in [-0.2, 0) is 43.9 Å². The minimum Gasteiger partial charge on any atom is -0.392 e. The van der Waals surface area contributed by atoms with E-state index in [1.165, 1.54) is 19.3 Å². The van der Waals surface area contributed by atoms with Gasteiger partial charge in [-0.2, -0.15) is 4.72 Å². The zero-order chi connectivity index (χ0) is 38.8. The highest BCUT2D eigenvalue weighted by Gasteiger charge is 2.50. The van der Waals surface area contributed by atoms with Crippen LogP contribution in [0.1, 0.15) is 92.2 Å². The number of rotatable bonds is 13. The first kappa shape index (κ1) is 39.3. The van der Waals surface area contributed by atoms with Gasteiger partial charge in [-0.3, -0.25) is 9.69 Å². The number of nitrogens with one attached hydrogen (secondary N) is 2. The predicted molar refractivity (Wildman–Crippen MR) is 213 cm³/mol. The molecule has 1 aliphatic carbocycles. The molecule has 0 aromatic heterocycles. The van der Waals surface area contributed by atoms with Crippen LogP contribution in [0.5, 0.6) is 0 Å². The van der Waals surface area contributed by atoms with Crippen molar-refractivity contribution in [3.63, 3.8) is 0 Å². The molecule has 3 N–H and O–H groups in total. The average Bonchev–Trinajstić information content (AvgIpc) is 3.40. The third kappa shape index (κ3) is 9.74. The standard InChI is InChI=1S/C45H55N3O6S/c1-31-10-20-39(21-11-31)55(51,52)47-40(22-32-8-6-5-7-9-32)42(50)46-26-33-12-18-36(19-13-33)43-53-38(23-41(54-43)35-16-14-34(28-49)15-17-35)27-48-30-45(4)25-37(48)24-44(2,3)29-45/h5-21,37-38,40-41,43,47,49H,22-30H2,1-4H3,(H,46,50). The number of carbonyl (C=O) groups is 1. The van der Waals surface area contributed by atoms with Gasteiger partial charge in [0.15, 0.2) is 6.29 Å². The number of likely N-dealkylation sites (tertiary alicyclic amines) is 1. The van der Waals surface area contributed by atoms with E-state index >= 15 is 0 Å². The molecule has 6 unspecified atom stereocenters. The number of aliphatic hydroxyl groups is 1. The number of hydrogen-bond donors (Lipinski definition) is 3. The maximum atomic E-state index is 13.6. The van der Waals surface area contributed by atoms with Gasteiger partial charge in [0.25, 0.3) is 0 Å². The predicted octanol–water partition coefficient (Wildman–Crippen LogP) is 7.14. The maximum Gasteiger partial charge on any atom is 0.241 e. The molecule has 4 aromatic carbocycles. The molecule has 2 bridgehead atoms. The van der Waals surface area contributed by atoms with Crippen LogP contribution < -0.4 is 10.0 Å². The molecule has 0 spiro atoms. The molecule has 10 heteroatoms. The van der Waals surface area contributed by atoms with E-state index in [0.29, 0.717) is 16.9 Å². The summed E-state index contributed by atoms with van der Waals surface area (Å²) >= 11 is 0. The van der Waals surface area contributed by atoms with E-state index in [0.717, 1.165) is 52.9 Å². The van der Waals surface area contributed by atoms with Gasteiger partial charge < -0.3 is 19.9 Å². The summed E-state index contributed by atoms with van der Waals surface area (Å²) in [5, 5.41) is 12.6. The van der Waals surface area contributed by atoms with Gasteiger partial charge in [-0.25, -0.2) is 8.42 Å². The molecule has 3 aliphatic rings. The first-order valence-electron chi connectivity index (χ1n) is 19.5. The Morgan fingerprint density at radius 3 is 2.22 bits per heavy atom. The van der Waals surface area contributed by atoms with E-state index in [1.54, 1.807) is 24.3 Å². The summed E-state index contributed by atoms with van der Waals surface area (Å²) in [5.41, 5.74) is 6.13. The highest BCUT2D eigenvalue weighted by molar-refractivity contribution is 7.89. The van der Waals surface area contributed by atoms with Crippen molar-refractivity contribution in [2.45, 2.75) is 108 Å². The van der Waals surface area contributed by atoms with E-state index in [2.05, 4.69) is 35.7 Å². The number of carbonyl (C=O) groups excluding carboxylic acids is 1. The minimum atomic E-state index is -3.95. The SMILES string of the molecule is Cc1ccc(S(=O)(=O)NC(Cc2ccccc2)C(=O)NCc2ccc(C3OC(CN4CC5(C)CC4CC(C)(C)C5)CC(c4ccc(CO)cc4)O3)cc2)cc1. The van der Waals surface area contributed by atoms with E-state index < -0.39 is 28.3 Å². The Labute approximate surface area is 326 Å². The number of amides is 1. The molecule has 1 amide bonds. The third-order valence-electron chi connectivity index (χ3n) is 11.5. The molecule has 9 nitrogen and oxygen atoms in total. The largest absolute Gasteiger partial charge is 0.392 e. The molecule has 1 saturated carbocycles. The molecule has 6 atom stereocenters. The number of sulfonamides is 1. The van der Waals surface area contributed by atoms with Gasteiger partial charge in [0.1, 0.15) is 6.04 Å². The molecular formula is C45H55N3O6S. The summed E-state index contributed by atoms with van der Waals surface area (Å²) in [6, 6.07) is 31.3. The fourth-order valence-corrected chi connectivity index (χ4v) is 10.4. The third-order valence-corrected chi connectivity index (χ3v) is 13.0. The van der Waals surface area contributed by atoms with Gasteiger partial charge >= 0.3 is 0 Å². The molecule has 3 fully saturated rings. The summed E-state index contributed by atoms with van der Waals surface area (Å²) in [6.07, 6.45) is 3.83. The van der Waals surface area contributed by atoms with Gasteiger partial charge in [-0.15, -0.1) is 0 Å². The Morgan fingerprint density at radius 1 is 0.855 bits per heavy atom. The fraction of sp³-hybridized carbons (Fsp3) is 0.444. The second kappa shape index (κ2) is 16.3. The summed E-state index contributed by atoms with van der Waals surface area (Å²) < 4.78 is 42.7. The first-order chi connectivity index (χ1) is 26.3. The van der Waals surface area contributed by atoms with Crippen molar-refractivity contribution in [1.29, 1.82) is 0 Å². The van der Waals surface area contributed by atoms with Crippen LogP contribution in [0.25, 0.3) is 0 Å². The molecular weight excluding hydrogens is 711 g/mol. The number of hydrogen-bond acceptors (Lipinski definition) is 7. The van der Waals surface area contributed by atoms with Gasteiger partial charge in [-0.05, 0) is 77.8 Å². The van der Waals surface area contributed by atoms with Crippen molar-refractivity contribution in [3.05, 3.63) is 137 Å². The van der Waals surface area contributed by atoms with Gasteiger partial charge in [0.05, 0.1) is 23.7 Å². The second-order valence-corrected chi connectivity index (χ2v) is 18.8. The van der Waals surface area contributed by atoms with Gasteiger partial charge in [0, 0.05) is 37.7 Å². The van der Waals surface area contributed by atoms with Crippen LogP contribution in [0.4, 0.5) is 0 Å². The van der Waals surface area contributed by atoms with Crippen LogP contribution >= 0.6 is 0 Å². The number of aryl methyl sites for hydroxylation is 1. The Hall–Kier alpha value is -3.90. The summed E-state index contributed by atoms with van der Waals surface area (Å²) in [5.74, 6) is -0.413. The molecule has 0 radical (unpaired) electrons.